The molecule has 94 valence electrons. The molecule has 0 spiro atoms. The molecular weight excluding hydrogens is 298 g/mol. The average Bonchev–Trinajstić information content (AvgIpc) is 3.08. The van der Waals surface area contributed by atoms with Crippen molar-refractivity contribution in [3.8, 4) is 11.8 Å². The van der Waals surface area contributed by atoms with E-state index in [0.29, 0.717) is 18.8 Å². The van der Waals surface area contributed by atoms with Crippen molar-refractivity contribution >= 4 is 21.9 Å². The third-order valence-electron chi connectivity index (χ3n) is 3.12. The lowest BCUT2D eigenvalue weighted by Gasteiger charge is -2.14. The summed E-state index contributed by atoms with van der Waals surface area (Å²) in [4.78, 5) is 10.9. The van der Waals surface area contributed by atoms with Gasteiger partial charge in [0.15, 0.2) is 0 Å². The molecule has 0 aliphatic heterocycles. The van der Waals surface area contributed by atoms with Crippen LogP contribution in [0.3, 0.4) is 0 Å². The molecule has 1 N–H and O–H groups in total. The number of nitrogens with zero attached hydrogens (tertiary/aromatic N) is 1. The molecule has 1 fully saturated rings. The second-order valence-electron chi connectivity index (χ2n) is 4.57. The number of nitriles is 1. The lowest BCUT2D eigenvalue weighted by molar-refractivity contribution is 0.0696. The van der Waals surface area contributed by atoms with E-state index in [4.69, 9.17) is 15.1 Å². The van der Waals surface area contributed by atoms with Crippen LogP contribution in [0.2, 0.25) is 0 Å². The molecule has 18 heavy (non-hydrogen) atoms. The summed E-state index contributed by atoms with van der Waals surface area (Å²) in [5, 5.41) is 17.6. The standard InChI is InChI=1S/C13H12BrNO3/c14-10-2-1-9(12(16)17)7-11(10)18-8-13(3-4-13)5-6-15/h1-2,7H,3-5,8H2,(H,16,17). The molecule has 0 bridgehead atoms. The van der Waals surface area contributed by atoms with Gasteiger partial charge in [0.05, 0.1) is 22.7 Å². The van der Waals surface area contributed by atoms with Gasteiger partial charge in [-0.2, -0.15) is 5.26 Å². The summed E-state index contributed by atoms with van der Waals surface area (Å²) >= 11 is 3.32. The number of aromatic carboxylic acids is 1. The first kappa shape index (κ1) is 12.9. The summed E-state index contributed by atoms with van der Waals surface area (Å²) < 4.78 is 6.37. The number of rotatable bonds is 5. The van der Waals surface area contributed by atoms with E-state index in [2.05, 4.69) is 22.0 Å². The average molecular weight is 310 g/mol. The number of hydrogen-bond acceptors (Lipinski definition) is 3. The summed E-state index contributed by atoms with van der Waals surface area (Å²) in [5.41, 5.74) is 0.172. The van der Waals surface area contributed by atoms with Gasteiger partial charge >= 0.3 is 5.97 Å². The van der Waals surface area contributed by atoms with Crippen LogP contribution < -0.4 is 4.74 Å². The van der Waals surface area contributed by atoms with Gasteiger partial charge in [0.25, 0.3) is 0 Å². The lowest BCUT2D eigenvalue weighted by Crippen LogP contribution is -2.13. The smallest absolute Gasteiger partial charge is 0.335 e. The van der Waals surface area contributed by atoms with Gasteiger partial charge in [0.2, 0.25) is 0 Å². The van der Waals surface area contributed by atoms with Gasteiger partial charge in [0.1, 0.15) is 5.75 Å². The summed E-state index contributed by atoms with van der Waals surface area (Å²) in [6, 6.07) is 6.83. The van der Waals surface area contributed by atoms with Gasteiger partial charge in [-0.25, -0.2) is 4.79 Å². The van der Waals surface area contributed by atoms with Gasteiger partial charge in [-0.05, 0) is 47.0 Å². The molecule has 0 atom stereocenters. The second-order valence-corrected chi connectivity index (χ2v) is 5.43. The zero-order chi connectivity index (χ0) is 13.2. The molecule has 1 aromatic carbocycles. The molecule has 1 aromatic rings. The molecule has 0 radical (unpaired) electrons. The number of carboxylic acid groups (broad SMARTS) is 1. The van der Waals surface area contributed by atoms with Crippen LogP contribution >= 0.6 is 15.9 Å². The zero-order valence-corrected chi connectivity index (χ0v) is 11.2. The molecule has 0 saturated heterocycles. The Kier molecular flexibility index (Phi) is 3.58. The SMILES string of the molecule is N#CCC1(COc2cc(C(=O)O)ccc2Br)CC1. The predicted molar refractivity (Wildman–Crippen MR) is 68.5 cm³/mol. The predicted octanol–water partition coefficient (Wildman–Crippen LogP) is 3.22. The molecule has 0 amide bonds. The van der Waals surface area contributed by atoms with Crippen molar-refractivity contribution in [1.29, 1.82) is 5.26 Å². The first-order chi connectivity index (χ1) is 8.56. The van der Waals surface area contributed by atoms with E-state index >= 15 is 0 Å². The molecule has 0 unspecified atom stereocenters. The maximum atomic E-state index is 10.9. The number of halogens is 1. The number of benzene rings is 1. The van der Waals surface area contributed by atoms with Crippen molar-refractivity contribution in [1.82, 2.24) is 0 Å². The van der Waals surface area contributed by atoms with Crippen LogP contribution in [-0.2, 0) is 0 Å². The van der Waals surface area contributed by atoms with E-state index in [1.807, 2.05) is 0 Å². The zero-order valence-electron chi connectivity index (χ0n) is 9.65. The first-order valence-corrected chi connectivity index (χ1v) is 6.38. The molecule has 2 rings (SSSR count). The summed E-state index contributed by atoms with van der Waals surface area (Å²) in [6.45, 7) is 0.461. The largest absolute Gasteiger partial charge is 0.492 e. The highest BCUT2D eigenvalue weighted by atomic mass is 79.9. The van der Waals surface area contributed by atoms with Gasteiger partial charge in [-0.1, -0.05) is 0 Å². The van der Waals surface area contributed by atoms with Crippen LogP contribution in [0.15, 0.2) is 22.7 Å². The van der Waals surface area contributed by atoms with Crippen molar-refractivity contribution in [2.75, 3.05) is 6.61 Å². The summed E-state index contributed by atoms with van der Waals surface area (Å²) in [5.74, 6) is -0.468. The van der Waals surface area contributed by atoms with Crippen LogP contribution in [0.4, 0.5) is 0 Å². The van der Waals surface area contributed by atoms with Crippen molar-refractivity contribution in [2.45, 2.75) is 19.3 Å². The fraction of sp³-hybridized carbons (Fsp3) is 0.385. The number of hydrogen-bond donors (Lipinski definition) is 1. The van der Waals surface area contributed by atoms with E-state index in [0.717, 1.165) is 17.3 Å². The minimum atomic E-state index is -0.981. The van der Waals surface area contributed by atoms with Gasteiger partial charge < -0.3 is 9.84 Å². The van der Waals surface area contributed by atoms with E-state index in [-0.39, 0.29) is 11.0 Å². The van der Waals surface area contributed by atoms with E-state index < -0.39 is 5.97 Å². The lowest BCUT2D eigenvalue weighted by atomic mass is 10.1. The Labute approximate surface area is 113 Å². The topological polar surface area (TPSA) is 70.3 Å². The number of carbonyl (C=O) groups is 1. The van der Waals surface area contributed by atoms with Crippen LogP contribution in [0.25, 0.3) is 0 Å². The summed E-state index contributed by atoms with van der Waals surface area (Å²) in [6.07, 6.45) is 2.48. The van der Waals surface area contributed by atoms with Crippen LogP contribution in [0, 0.1) is 16.7 Å². The molecule has 1 aliphatic rings. The highest BCUT2D eigenvalue weighted by Crippen LogP contribution is 2.49. The van der Waals surface area contributed by atoms with Gasteiger partial charge in [-0.3, -0.25) is 0 Å². The summed E-state index contributed by atoms with van der Waals surface area (Å²) in [7, 11) is 0. The fourth-order valence-corrected chi connectivity index (χ4v) is 2.06. The Balaban J connectivity index is 2.07. The molecule has 5 heteroatoms. The van der Waals surface area contributed by atoms with Crippen LogP contribution in [0.1, 0.15) is 29.6 Å². The van der Waals surface area contributed by atoms with Crippen molar-refractivity contribution < 1.29 is 14.6 Å². The minimum absolute atomic E-state index is 0.0204. The van der Waals surface area contributed by atoms with E-state index in [1.54, 1.807) is 6.07 Å². The molecule has 0 aromatic heterocycles. The van der Waals surface area contributed by atoms with Crippen LogP contribution in [0.5, 0.6) is 5.75 Å². The van der Waals surface area contributed by atoms with E-state index in [9.17, 15) is 4.79 Å². The van der Waals surface area contributed by atoms with Crippen LogP contribution in [-0.4, -0.2) is 17.7 Å². The number of carboxylic acids is 1. The monoisotopic (exact) mass is 309 g/mol. The quantitative estimate of drug-likeness (QED) is 0.906. The van der Waals surface area contributed by atoms with E-state index in [1.165, 1.54) is 12.1 Å². The highest BCUT2D eigenvalue weighted by molar-refractivity contribution is 9.10. The third kappa shape index (κ3) is 2.82. The third-order valence-corrected chi connectivity index (χ3v) is 3.78. The Hall–Kier alpha value is -1.54. The molecule has 0 heterocycles. The molecule has 4 nitrogen and oxygen atoms in total. The molecule has 1 saturated carbocycles. The fourth-order valence-electron chi connectivity index (χ4n) is 1.69. The Bertz CT molecular complexity index is 517. The highest BCUT2D eigenvalue weighted by Gasteiger charge is 2.43. The Morgan fingerprint density at radius 2 is 2.28 bits per heavy atom. The normalized spacial score (nSPS) is 15.8. The minimum Gasteiger partial charge on any atom is -0.492 e. The Morgan fingerprint density at radius 3 is 2.83 bits per heavy atom. The van der Waals surface area contributed by atoms with Crippen molar-refractivity contribution in [3.63, 3.8) is 0 Å². The number of ether oxygens (including phenoxy) is 1. The Morgan fingerprint density at radius 1 is 1.56 bits per heavy atom. The molecular formula is C13H12BrNO3. The van der Waals surface area contributed by atoms with Crippen molar-refractivity contribution in [3.05, 3.63) is 28.2 Å². The van der Waals surface area contributed by atoms with Gasteiger partial charge in [-0.15, -0.1) is 0 Å². The first-order valence-electron chi connectivity index (χ1n) is 5.59. The maximum Gasteiger partial charge on any atom is 0.335 e. The maximum absolute atomic E-state index is 10.9. The van der Waals surface area contributed by atoms with Crippen molar-refractivity contribution in [2.24, 2.45) is 5.41 Å². The van der Waals surface area contributed by atoms with Gasteiger partial charge in [0, 0.05) is 11.8 Å². The molecule has 1 aliphatic carbocycles. The second kappa shape index (κ2) is 4.99.